The fourth-order valence-corrected chi connectivity index (χ4v) is 3.28. The van der Waals surface area contributed by atoms with Crippen LogP contribution in [0.5, 0.6) is 0 Å². The lowest BCUT2D eigenvalue weighted by molar-refractivity contribution is 0.143. The molecule has 0 saturated carbocycles. The predicted octanol–water partition coefficient (Wildman–Crippen LogP) is 2.80. The van der Waals surface area contributed by atoms with Crippen molar-refractivity contribution in [1.29, 1.82) is 0 Å². The third-order valence-electron chi connectivity index (χ3n) is 4.87. The molecule has 0 aliphatic carbocycles. The zero-order chi connectivity index (χ0) is 19.2. The van der Waals surface area contributed by atoms with Crippen molar-refractivity contribution in [2.75, 3.05) is 71.0 Å². The van der Waals surface area contributed by atoms with Gasteiger partial charge >= 0.3 is 0 Å². The number of anilines is 1. The molecule has 0 amide bonds. The van der Waals surface area contributed by atoms with E-state index >= 15 is 0 Å². The average Bonchev–Trinajstić information content (AvgIpc) is 2.73. The second kappa shape index (κ2) is 15.8. The molecule has 28 heavy (non-hydrogen) atoms. The number of benzene rings is 1. The molecule has 1 saturated heterocycles. The van der Waals surface area contributed by atoms with Crippen LogP contribution in [0.25, 0.3) is 0 Å². The Morgan fingerprint density at radius 1 is 1.00 bits per heavy atom. The summed E-state index contributed by atoms with van der Waals surface area (Å²) in [6, 6.07) is 10.7. The number of ether oxygens (including phenoxy) is 1. The summed E-state index contributed by atoms with van der Waals surface area (Å²) in [7, 11) is 1.83. The molecule has 0 spiro atoms. The minimum Gasteiger partial charge on any atom is -0.382 e. The number of para-hydroxylation sites is 1. The topological polar surface area (TPSA) is 52.1 Å². The van der Waals surface area contributed by atoms with E-state index in [0.29, 0.717) is 0 Å². The monoisotopic (exact) mass is 503 g/mol. The summed E-state index contributed by atoms with van der Waals surface area (Å²) in [5.74, 6) is 0.903. The van der Waals surface area contributed by atoms with Crippen molar-refractivity contribution in [3.63, 3.8) is 0 Å². The van der Waals surface area contributed by atoms with Gasteiger partial charge in [0.25, 0.3) is 0 Å². The Labute approximate surface area is 188 Å². The number of unbranched alkanes of at least 4 members (excludes halogenated alkanes) is 1. The first-order valence-electron chi connectivity index (χ1n) is 10.4. The van der Waals surface area contributed by atoms with Gasteiger partial charge in [-0.15, -0.1) is 24.0 Å². The lowest BCUT2D eigenvalue weighted by Gasteiger charge is -2.36. The summed E-state index contributed by atoms with van der Waals surface area (Å²) in [5.41, 5.74) is 1.34. The predicted molar refractivity (Wildman–Crippen MR) is 130 cm³/mol. The molecule has 1 aromatic rings. The third kappa shape index (κ3) is 9.93. The van der Waals surface area contributed by atoms with Gasteiger partial charge in [-0.2, -0.15) is 0 Å². The minimum atomic E-state index is 0. The normalized spacial score (nSPS) is 15.2. The van der Waals surface area contributed by atoms with Gasteiger partial charge < -0.3 is 20.3 Å². The van der Waals surface area contributed by atoms with Crippen molar-refractivity contribution in [3.05, 3.63) is 30.3 Å². The number of guanidine groups is 1. The highest BCUT2D eigenvalue weighted by atomic mass is 127. The van der Waals surface area contributed by atoms with E-state index in [1.165, 1.54) is 5.69 Å². The number of hydrogen-bond acceptors (Lipinski definition) is 4. The molecule has 1 heterocycles. The Morgan fingerprint density at radius 3 is 2.32 bits per heavy atom. The summed E-state index contributed by atoms with van der Waals surface area (Å²) < 4.78 is 5.35. The van der Waals surface area contributed by atoms with Gasteiger partial charge in [0.1, 0.15) is 0 Å². The molecular formula is C21H38IN5O. The Bertz CT molecular complexity index is 521. The Kier molecular flexibility index (Phi) is 14.1. The average molecular weight is 503 g/mol. The van der Waals surface area contributed by atoms with Crippen molar-refractivity contribution in [2.24, 2.45) is 4.99 Å². The number of piperazine rings is 1. The molecule has 0 aromatic heterocycles. The van der Waals surface area contributed by atoms with Gasteiger partial charge in [0.15, 0.2) is 5.96 Å². The van der Waals surface area contributed by atoms with Crippen LogP contribution in [0.15, 0.2) is 35.3 Å². The summed E-state index contributed by atoms with van der Waals surface area (Å²) >= 11 is 0. The SMILES string of the molecule is CCOCCCCNC(=NC)NCCCN1CCN(c2ccccc2)CC1.I. The summed E-state index contributed by atoms with van der Waals surface area (Å²) in [4.78, 5) is 9.33. The second-order valence-electron chi connectivity index (χ2n) is 6.85. The Hall–Kier alpha value is -1.06. The fourth-order valence-electron chi connectivity index (χ4n) is 3.28. The fraction of sp³-hybridized carbons (Fsp3) is 0.667. The first kappa shape index (κ1) is 25.0. The molecular weight excluding hydrogens is 465 g/mol. The maximum Gasteiger partial charge on any atom is 0.190 e. The molecule has 2 rings (SSSR count). The van der Waals surface area contributed by atoms with E-state index < -0.39 is 0 Å². The van der Waals surface area contributed by atoms with E-state index in [1.807, 2.05) is 14.0 Å². The Balaban J connectivity index is 0.00000392. The van der Waals surface area contributed by atoms with Crippen LogP contribution in [0.3, 0.4) is 0 Å². The number of nitrogens with one attached hydrogen (secondary N) is 2. The smallest absolute Gasteiger partial charge is 0.190 e. The van der Waals surface area contributed by atoms with Gasteiger partial charge in [-0.25, -0.2) is 0 Å². The first-order valence-corrected chi connectivity index (χ1v) is 10.4. The molecule has 1 aliphatic heterocycles. The van der Waals surface area contributed by atoms with Crippen molar-refractivity contribution in [3.8, 4) is 0 Å². The van der Waals surface area contributed by atoms with Gasteiger partial charge in [-0.1, -0.05) is 18.2 Å². The van der Waals surface area contributed by atoms with Gasteiger partial charge in [0.2, 0.25) is 0 Å². The van der Waals surface area contributed by atoms with Crippen LogP contribution in [-0.2, 0) is 4.74 Å². The highest BCUT2D eigenvalue weighted by Crippen LogP contribution is 2.15. The number of hydrogen-bond donors (Lipinski definition) is 2. The van der Waals surface area contributed by atoms with Crippen LogP contribution in [0, 0.1) is 0 Å². The van der Waals surface area contributed by atoms with Crippen molar-refractivity contribution < 1.29 is 4.74 Å². The highest BCUT2D eigenvalue weighted by Gasteiger charge is 2.16. The summed E-state index contributed by atoms with van der Waals surface area (Å²) in [6.45, 7) is 11.2. The highest BCUT2D eigenvalue weighted by molar-refractivity contribution is 14.0. The van der Waals surface area contributed by atoms with Crippen LogP contribution in [0.2, 0.25) is 0 Å². The zero-order valence-electron chi connectivity index (χ0n) is 17.5. The molecule has 2 N–H and O–H groups in total. The lowest BCUT2D eigenvalue weighted by Crippen LogP contribution is -2.47. The first-order chi connectivity index (χ1) is 13.3. The minimum absolute atomic E-state index is 0. The van der Waals surface area contributed by atoms with Crippen molar-refractivity contribution in [2.45, 2.75) is 26.2 Å². The third-order valence-corrected chi connectivity index (χ3v) is 4.87. The molecule has 0 atom stereocenters. The van der Waals surface area contributed by atoms with Crippen molar-refractivity contribution >= 4 is 35.6 Å². The molecule has 0 bridgehead atoms. The van der Waals surface area contributed by atoms with E-state index in [-0.39, 0.29) is 24.0 Å². The molecule has 6 nitrogen and oxygen atoms in total. The molecule has 0 unspecified atom stereocenters. The largest absolute Gasteiger partial charge is 0.382 e. The quantitative estimate of drug-likeness (QED) is 0.211. The van der Waals surface area contributed by atoms with E-state index in [2.05, 4.69) is 55.8 Å². The number of nitrogens with zero attached hydrogens (tertiary/aromatic N) is 3. The number of halogens is 1. The van der Waals surface area contributed by atoms with Gasteiger partial charge in [-0.3, -0.25) is 9.89 Å². The van der Waals surface area contributed by atoms with Crippen molar-refractivity contribution in [1.82, 2.24) is 15.5 Å². The van der Waals surface area contributed by atoms with Gasteiger partial charge in [-0.05, 0) is 44.9 Å². The molecule has 0 radical (unpaired) electrons. The molecule has 1 fully saturated rings. The van der Waals surface area contributed by atoms with E-state index in [1.54, 1.807) is 0 Å². The van der Waals surface area contributed by atoms with Crippen LogP contribution in [0.1, 0.15) is 26.2 Å². The van der Waals surface area contributed by atoms with Crippen LogP contribution < -0.4 is 15.5 Å². The molecule has 7 heteroatoms. The van der Waals surface area contributed by atoms with Crippen LogP contribution in [0.4, 0.5) is 5.69 Å². The maximum atomic E-state index is 5.35. The summed E-state index contributed by atoms with van der Waals surface area (Å²) in [6.07, 6.45) is 3.33. The van der Waals surface area contributed by atoms with Crippen LogP contribution >= 0.6 is 24.0 Å². The summed E-state index contributed by atoms with van der Waals surface area (Å²) in [5, 5.41) is 6.79. The zero-order valence-corrected chi connectivity index (χ0v) is 19.9. The van der Waals surface area contributed by atoms with E-state index in [9.17, 15) is 0 Å². The molecule has 1 aliphatic rings. The maximum absolute atomic E-state index is 5.35. The van der Waals surface area contributed by atoms with Crippen LogP contribution in [-0.4, -0.2) is 76.9 Å². The second-order valence-corrected chi connectivity index (χ2v) is 6.85. The lowest BCUT2D eigenvalue weighted by atomic mass is 10.2. The standard InChI is InChI=1S/C21H37N5O.HI/c1-3-27-19-8-7-12-23-21(22-2)24-13-9-14-25-15-17-26(18-16-25)20-10-5-4-6-11-20;/h4-6,10-11H,3,7-9,12-19H2,1-2H3,(H2,22,23,24);1H. The number of rotatable bonds is 11. The Morgan fingerprint density at radius 2 is 1.68 bits per heavy atom. The molecule has 1 aromatic carbocycles. The van der Waals surface area contributed by atoms with E-state index in [4.69, 9.17) is 4.74 Å². The van der Waals surface area contributed by atoms with Gasteiger partial charge in [0.05, 0.1) is 0 Å². The molecule has 160 valence electrons. The number of aliphatic imine (C=N–C) groups is 1. The van der Waals surface area contributed by atoms with E-state index in [0.717, 1.165) is 84.2 Å². The van der Waals surface area contributed by atoms with Gasteiger partial charge in [0, 0.05) is 65.2 Å².